The van der Waals surface area contributed by atoms with Gasteiger partial charge >= 0.3 is 0 Å². The van der Waals surface area contributed by atoms with E-state index in [1.807, 2.05) is 12.4 Å². The number of hydrogen-bond acceptors (Lipinski definition) is 4. The van der Waals surface area contributed by atoms with Crippen molar-refractivity contribution >= 4 is 11.0 Å². The molecule has 5 nitrogen and oxygen atoms in total. The monoisotopic (exact) mass is 590 g/mol. The molecule has 1 unspecified atom stereocenters. The summed E-state index contributed by atoms with van der Waals surface area (Å²) in [5.41, 5.74) is 3.56. The molecular weight excluding hydrogens is 535 g/mol. The average Bonchev–Trinajstić information content (AvgIpc) is 3.65. The highest BCUT2D eigenvalue weighted by Gasteiger charge is 2.25. The number of imidazole rings is 1. The molecule has 2 aliphatic heterocycles. The summed E-state index contributed by atoms with van der Waals surface area (Å²) in [5, 5.41) is 8.02. The van der Waals surface area contributed by atoms with Crippen molar-refractivity contribution in [2.45, 2.75) is 90.0 Å². The summed E-state index contributed by atoms with van der Waals surface area (Å²) < 4.78 is 15.5. The van der Waals surface area contributed by atoms with Crippen molar-refractivity contribution in [3.8, 4) is 0 Å². The molecule has 6 rings (SSSR count). The summed E-state index contributed by atoms with van der Waals surface area (Å²) in [6.07, 6.45) is 19.2. The smallest absolute Gasteiger partial charge is 0.123 e. The van der Waals surface area contributed by atoms with Crippen LogP contribution in [0.15, 0.2) is 67.2 Å². The number of aliphatic hydroxyl groups excluding tert-OH is 1. The average molecular weight is 591 g/mol. The van der Waals surface area contributed by atoms with E-state index in [0.29, 0.717) is 5.92 Å². The van der Waals surface area contributed by atoms with Crippen LogP contribution >= 0.6 is 0 Å². The minimum atomic E-state index is -0.0968. The Balaban J connectivity index is 0.000000167. The molecule has 1 aliphatic carbocycles. The number of fused-ring (bicyclic) bond motifs is 1. The number of halogens is 1. The van der Waals surface area contributed by atoms with Gasteiger partial charge in [0, 0.05) is 13.1 Å². The lowest BCUT2D eigenvalue weighted by atomic mass is 9.83. The summed E-state index contributed by atoms with van der Waals surface area (Å²) in [5.74, 6) is 2.38. The third kappa shape index (κ3) is 11.1. The van der Waals surface area contributed by atoms with Crippen molar-refractivity contribution in [3.05, 3.63) is 78.6 Å². The zero-order valence-electron chi connectivity index (χ0n) is 26.7. The first-order valence-corrected chi connectivity index (χ1v) is 16.9. The second-order valence-corrected chi connectivity index (χ2v) is 12.9. The molecule has 43 heavy (non-hydrogen) atoms. The fraction of sp³-hybridized carbons (Fsp3) is 0.595. The van der Waals surface area contributed by atoms with Crippen LogP contribution < -0.4 is 0 Å². The Morgan fingerprint density at radius 3 is 2.42 bits per heavy atom. The van der Waals surface area contributed by atoms with Crippen LogP contribution in [0.4, 0.5) is 4.39 Å². The van der Waals surface area contributed by atoms with Crippen LogP contribution in [-0.4, -0.2) is 64.2 Å². The normalized spacial score (nSPS) is 20.0. The van der Waals surface area contributed by atoms with Crippen molar-refractivity contribution in [2.75, 3.05) is 39.8 Å². The van der Waals surface area contributed by atoms with Gasteiger partial charge in [-0.15, -0.1) is 0 Å². The van der Waals surface area contributed by atoms with E-state index in [-0.39, 0.29) is 5.82 Å². The number of aliphatic hydroxyl groups is 1. The topological polar surface area (TPSA) is 44.5 Å². The van der Waals surface area contributed by atoms with Crippen LogP contribution in [0.5, 0.6) is 0 Å². The zero-order valence-corrected chi connectivity index (χ0v) is 26.7. The molecule has 0 bridgehead atoms. The Morgan fingerprint density at radius 1 is 0.930 bits per heavy atom. The zero-order chi connectivity index (χ0) is 30.3. The van der Waals surface area contributed by atoms with Gasteiger partial charge in [-0.05, 0) is 126 Å². The number of allylic oxidation sites excluding steroid dienone is 1. The Morgan fingerprint density at radius 2 is 1.72 bits per heavy atom. The van der Waals surface area contributed by atoms with E-state index in [4.69, 9.17) is 5.11 Å². The number of rotatable bonds is 10. The molecule has 1 saturated carbocycles. The van der Waals surface area contributed by atoms with Gasteiger partial charge in [0.25, 0.3) is 0 Å². The molecule has 1 aromatic heterocycles. The Bertz CT molecular complexity index is 1210. The third-order valence-corrected chi connectivity index (χ3v) is 9.61. The van der Waals surface area contributed by atoms with E-state index < -0.39 is 0 Å². The lowest BCUT2D eigenvalue weighted by molar-refractivity contribution is 0.209. The minimum absolute atomic E-state index is 0.0968. The van der Waals surface area contributed by atoms with Gasteiger partial charge in [0.1, 0.15) is 5.82 Å². The van der Waals surface area contributed by atoms with Gasteiger partial charge < -0.3 is 19.5 Å². The molecular formula is C37H55FN4O. The predicted octanol–water partition coefficient (Wildman–Crippen LogP) is 8.82. The van der Waals surface area contributed by atoms with Crippen LogP contribution in [0.25, 0.3) is 11.0 Å². The molecule has 2 saturated heterocycles. The second kappa shape index (κ2) is 18.2. The van der Waals surface area contributed by atoms with Gasteiger partial charge in [-0.1, -0.05) is 62.9 Å². The molecule has 3 aliphatic rings. The van der Waals surface area contributed by atoms with E-state index in [1.165, 1.54) is 101 Å². The molecule has 3 heterocycles. The Hall–Kier alpha value is -2.70. The van der Waals surface area contributed by atoms with Crippen LogP contribution in [0, 0.1) is 17.7 Å². The van der Waals surface area contributed by atoms with E-state index >= 15 is 0 Å². The quantitative estimate of drug-likeness (QED) is 0.240. The lowest BCUT2D eigenvalue weighted by Crippen LogP contribution is -2.30. The molecule has 0 radical (unpaired) electrons. The molecule has 2 aromatic carbocycles. The van der Waals surface area contributed by atoms with Gasteiger partial charge in [-0.2, -0.15) is 0 Å². The summed E-state index contributed by atoms with van der Waals surface area (Å²) >= 11 is 0. The van der Waals surface area contributed by atoms with E-state index in [0.717, 1.165) is 49.5 Å². The summed E-state index contributed by atoms with van der Waals surface area (Å²) in [7, 11) is 2.23. The molecule has 1 N–H and O–H groups in total. The van der Waals surface area contributed by atoms with E-state index in [9.17, 15) is 4.39 Å². The van der Waals surface area contributed by atoms with Gasteiger partial charge in [0.15, 0.2) is 0 Å². The second-order valence-electron chi connectivity index (χ2n) is 12.9. The third-order valence-electron chi connectivity index (χ3n) is 9.61. The van der Waals surface area contributed by atoms with Crippen molar-refractivity contribution in [1.29, 1.82) is 0 Å². The minimum Gasteiger partial charge on any atom is -0.516 e. The highest BCUT2D eigenvalue weighted by molar-refractivity contribution is 5.74. The summed E-state index contributed by atoms with van der Waals surface area (Å²) in [6, 6.07) is 15.5. The molecule has 1 atom stereocenters. The van der Waals surface area contributed by atoms with Crippen molar-refractivity contribution in [2.24, 2.45) is 11.8 Å². The van der Waals surface area contributed by atoms with Crippen LogP contribution in [-0.2, 0) is 6.54 Å². The highest BCUT2D eigenvalue weighted by Crippen LogP contribution is 2.32. The summed E-state index contributed by atoms with van der Waals surface area (Å²) in [4.78, 5) is 9.46. The predicted molar refractivity (Wildman–Crippen MR) is 178 cm³/mol. The fourth-order valence-electron chi connectivity index (χ4n) is 6.55. The maximum absolute atomic E-state index is 13.2. The maximum atomic E-state index is 13.2. The first kappa shape index (κ1) is 33.2. The molecule has 236 valence electrons. The standard InChI is InChI=1S/C16H22FN.C16H23N3.C5H10O/c17-16-6-2-5-14(11-16)15-8-10-18(12-15)9-7-13-3-1-4-13;1-18-11-8-14(9-12-18)5-4-10-19-13-17-15-6-2-3-7-16(15)19;1-2-3-4-5-6/h2,5-6,11,13,15H,1,3-4,7-10,12H2;2-3,6-7,13-14H,4-5,8-12H2,1H3;4-6H,2-3H2,1H3/b;;5-4+. The van der Waals surface area contributed by atoms with Gasteiger partial charge in [0.05, 0.1) is 23.6 Å². The lowest BCUT2D eigenvalue weighted by Gasteiger charge is -2.28. The molecule has 0 spiro atoms. The molecule has 0 amide bonds. The molecule has 3 aromatic rings. The number of piperidine rings is 1. The van der Waals surface area contributed by atoms with Crippen molar-refractivity contribution in [1.82, 2.24) is 19.4 Å². The van der Waals surface area contributed by atoms with Crippen LogP contribution in [0.2, 0.25) is 0 Å². The Kier molecular flexibility index (Phi) is 14.0. The number of likely N-dealkylation sites (tertiary alicyclic amines) is 2. The number of unbranched alkanes of at least 4 members (excludes halogenated alkanes) is 1. The fourth-order valence-corrected chi connectivity index (χ4v) is 6.55. The molecule has 3 fully saturated rings. The number of hydrogen-bond donors (Lipinski definition) is 1. The first-order chi connectivity index (χ1) is 21.1. The number of aromatic nitrogens is 2. The first-order valence-electron chi connectivity index (χ1n) is 16.9. The van der Waals surface area contributed by atoms with Gasteiger partial charge in [-0.3, -0.25) is 0 Å². The van der Waals surface area contributed by atoms with E-state index in [2.05, 4.69) is 63.7 Å². The number of para-hydroxylation sites is 2. The van der Waals surface area contributed by atoms with Crippen LogP contribution in [0.3, 0.4) is 0 Å². The number of aryl methyl sites for hydroxylation is 1. The SMILES string of the molecule is CCC/C=C/O.CN1CCC(CCCn2cnc3ccccc32)CC1.Fc1cccc(C2CCN(CCC3CCC3)C2)c1. The number of nitrogens with zero attached hydrogens (tertiary/aromatic N) is 4. The highest BCUT2D eigenvalue weighted by atomic mass is 19.1. The van der Waals surface area contributed by atoms with E-state index in [1.54, 1.807) is 12.1 Å². The summed E-state index contributed by atoms with van der Waals surface area (Å²) in [6.45, 7) is 9.28. The van der Waals surface area contributed by atoms with Gasteiger partial charge in [0.2, 0.25) is 0 Å². The largest absolute Gasteiger partial charge is 0.516 e. The van der Waals surface area contributed by atoms with Gasteiger partial charge in [-0.25, -0.2) is 9.37 Å². The van der Waals surface area contributed by atoms with Crippen molar-refractivity contribution in [3.63, 3.8) is 0 Å². The Labute approximate surface area is 259 Å². The maximum Gasteiger partial charge on any atom is 0.123 e. The molecule has 6 heteroatoms. The number of benzene rings is 2. The van der Waals surface area contributed by atoms with Crippen molar-refractivity contribution < 1.29 is 9.50 Å². The van der Waals surface area contributed by atoms with Crippen LogP contribution in [0.1, 0.15) is 89.0 Å².